The maximum absolute atomic E-state index is 11.6. The number of aliphatic hydroxyl groups is 1. The molecule has 74 valence electrons. The van der Waals surface area contributed by atoms with E-state index in [9.17, 15) is 18.0 Å². The molecule has 0 bridgehead atoms. The molecule has 0 radical (unpaired) electrons. The summed E-state index contributed by atoms with van der Waals surface area (Å²) in [6.07, 6.45) is -4.88. The summed E-state index contributed by atoms with van der Waals surface area (Å²) in [5.74, 6) is -1.31. The van der Waals surface area contributed by atoms with E-state index < -0.39 is 17.6 Å². The van der Waals surface area contributed by atoms with Crippen LogP contribution in [0.25, 0.3) is 0 Å². The van der Waals surface area contributed by atoms with E-state index in [1.54, 1.807) is 0 Å². The second kappa shape index (κ2) is 4.45. The molecule has 0 aliphatic carbocycles. The van der Waals surface area contributed by atoms with Gasteiger partial charge in [0.05, 0.1) is 0 Å². The molecule has 5 heteroatoms. The van der Waals surface area contributed by atoms with Crippen LogP contribution in [0.5, 0.6) is 0 Å². The predicted octanol–water partition coefficient (Wildman–Crippen LogP) is 1.91. The van der Waals surface area contributed by atoms with Crippen molar-refractivity contribution in [3.8, 4) is 0 Å². The lowest BCUT2D eigenvalue weighted by molar-refractivity contribution is -0.243. The van der Waals surface area contributed by atoms with E-state index in [0.29, 0.717) is 13.8 Å². The first-order valence-electron chi connectivity index (χ1n) is 3.49. The molecule has 0 aromatic heterocycles. The number of carbonyl (C=O) groups excluding carboxylic acids is 1. The van der Waals surface area contributed by atoms with Crippen LogP contribution in [0.3, 0.4) is 0 Å². The van der Waals surface area contributed by atoms with Crippen molar-refractivity contribution in [1.82, 2.24) is 0 Å². The van der Waals surface area contributed by atoms with Crippen LogP contribution in [0, 0.1) is 0 Å². The van der Waals surface area contributed by atoms with Gasteiger partial charge in [0, 0.05) is 0 Å². The lowest BCUT2D eigenvalue weighted by Crippen LogP contribution is -2.48. The zero-order valence-electron chi connectivity index (χ0n) is 7.49. The molecule has 1 atom stereocenters. The number of hydrogen-bond donors (Lipinski definition) is 1. The Morgan fingerprint density at radius 1 is 1.25 bits per heavy atom. The minimum atomic E-state index is -4.88. The zero-order valence-corrected chi connectivity index (χ0v) is 7.49. The topological polar surface area (TPSA) is 37.3 Å². The molecule has 0 aromatic rings. The third-order valence-corrected chi connectivity index (χ3v) is 1.24. The van der Waals surface area contributed by atoms with Crippen molar-refractivity contribution in [2.75, 3.05) is 0 Å². The van der Waals surface area contributed by atoms with E-state index in [1.165, 1.54) is 0 Å². The van der Waals surface area contributed by atoms with Crippen molar-refractivity contribution < 1.29 is 23.1 Å². The highest BCUT2D eigenvalue weighted by molar-refractivity contribution is 5.85. The first kappa shape index (κ1) is 14.0. The van der Waals surface area contributed by atoms with Crippen molar-refractivity contribution in [2.45, 2.75) is 39.5 Å². The Labute approximate surface area is 69.4 Å². The third-order valence-electron chi connectivity index (χ3n) is 1.24. The van der Waals surface area contributed by atoms with Gasteiger partial charge in [-0.3, -0.25) is 4.79 Å². The molecule has 0 aliphatic heterocycles. The molecule has 1 N–H and O–H groups in total. The van der Waals surface area contributed by atoms with Crippen LogP contribution in [0.15, 0.2) is 0 Å². The van der Waals surface area contributed by atoms with E-state index in [2.05, 4.69) is 0 Å². The Balaban J connectivity index is 0. The molecule has 0 rings (SSSR count). The minimum Gasteiger partial charge on any atom is -0.374 e. The van der Waals surface area contributed by atoms with Gasteiger partial charge in [0.2, 0.25) is 5.60 Å². The number of halogens is 3. The van der Waals surface area contributed by atoms with Gasteiger partial charge >= 0.3 is 6.18 Å². The van der Waals surface area contributed by atoms with Crippen molar-refractivity contribution in [3.05, 3.63) is 0 Å². The van der Waals surface area contributed by atoms with Gasteiger partial charge < -0.3 is 5.11 Å². The number of ketones is 1. The van der Waals surface area contributed by atoms with E-state index in [4.69, 9.17) is 5.11 Å². The monoisotopic (exact) mass is 186 g/mol. The quantitative estimate of drug-likeness (QED) is 0.679. The first-order valence-corrected chi connectivity index (χ1v) is 3.49. The zero-order chi connectivity index (χ0) is 10.6. The Bertz CT molecular complexity index is 149. The van der Waals surface area contributed by atoms with Gasteiger partial charge in [-0.2, -0.15) is 13.2 Å². The molecule has 0 aromatic carbocycles. The fraction of sp³-hybridized carbons (Fsp3) is 0.857. The fourth-order valence-electron chi connectivity index (χ4n) is 0.200. The van der Waals surface area contributed by atoms with Gasteiger partial charge in [0.25, 0.3) is 0 Å². The first-order chi connectivity index (χ1) is 5.19. The number of hydrogen-bond acceptors (Lipinski definition) is 2. The number of carbonyl (C=O) groups is 1. The Morgan fingerprint density at radius 3 is 1.50 bits per heavy atom. The molecular weight excluding hydrogens is 173 g/mol. The van der Waals surface area contributed by atoms with Crippen LogP contribution in [-0.4, -0.2) is 22.7 Å². The van der Waals surface area contributed by atoms with Gasteiger partial charge in [0.15, 0.2) is 5.78 Å². The second-order valence-electron chi connectivity index (χ2n) is 2.13. The summed E-state index contributed by atoms with van der Waals surface area (Å²) in [5.41, 5.74) is -3.20. The lowest BCUT2D eigenvalue weighted by atomic mass is 10.0. The molecule has 0 saturated heterocycles. The summed E-state index contributed by atoms with van der Waals surface area (Å²) in [4.78, 5) is 10.1. The smallest absolute Gasteiger partial charge is 0.374 e. The largest absolute Gasteiger partial charge is 0.424 e. The summed E-state index contributed by atoms with van der Waals surface area (Å²) < 4.78 is 34.8. The van der Waals surface area contributed by atoms with E-state index >= 15 is 0 Å². The summed E-state index contributed by atoms with van der Waals surface area (Å²) in [5, 5.41) is 8.45. The second-order valence-corrected chi connectivity index (χ2v) is 2.13. The van der Waals surface area contributed by atoms with Gasteiger partial charge in [-0.25, -0.2) is 0 Å². The maximum Gasteiger partial charge on any atom is 0.424 e. The number of alkyl halides is 3. The maximum atomic E-state index is 11.6. The van der Waals surface area contributed by atoms with Crippen LogP contribution in [0.2, 0.25) is 0 Å². The average molecular weight is 186 g/mol. The predicted molar refractivity (Wildman–Crippen MR) is 38.7 cm³/mol. The summed E-state index contributed by atoms with van der Waals surface area (Å²) >= 11 is 0. The average Bonchev–Trinajstić information content (AvgIpc) is 1.89. The Morgan fingerprint density at radius 2 is 1.50 bits per heavy atom. The van der Waals surface area contributed by atoms with Crippen molar-refractivity contribution in [3.63, 3.8) is 0 Å². The van der Waals surface area contributed by atoms with Crippen LogP contribution >= 0.6 is 0 Å². The number of Topliss-reactive ketones (excluding diaryl/α,β-unsaturated/α-hetero) is 1. The lowest BCUT2D eigenvalue weighted by Gasteiger charge is -2.22. The fourth-order valence-corrected chi connectivity index (χ4v) is 0.200. The highest BCUT2D eigenvalue weighted by Crippen LogP contribution is 2.30. The van der Waals surface area contributed by atoms with Gasteiger partial charge in [0.1, 0.15) is 0 Å². The Kier molecular flexibility index (Phi) is 5.18. The molecule has 0 amide bonds. The van der Waals surface area contributed by atoms with Crippen molar-refractivity contribution in [2.24, 2.45) is 0 Å². The summed E-state index contributed by atoms with van der Waals surface area (Å²) in [6.45, 7) is 5.11. The van der Waals surface area contributed by atoms with Crippen LogP contribution in [0.4, 0.5) is 13.2 Å². The van der Waals surface area contributed by atoms with Crippen molar-refractivity contribution in [1.29, 1.82) is 0 Å². The normalized spacial score (nSPS) is 15.7. The van der Waals surface area contributed by atoms with Crippen LogP contribution in [0.1, 0.15) is 27.7 Å². The molecule has 0 heterocycles. The van der Waals surface area contributed by atoms with E-state index in [0.717, 1.165) is 0 Å². The van der Waals surface area contributed by atoms with Crippen molar-refractivity contribution >= 4 is 5.78 Å². The molecule has 2 nitrogen and oxygen atoms in total. The van der Waals surface area contributed by atoms with Gasteiger partial charge in [-0.1, -0.05) is 13.8 Å². The molecule has 12 heavy (non-hydrogen) atoms. The molecule has 0 saturated carbocycles. The van der Waals surface area contributed by atoms with Gasteiger partial charge in [-0.05, 0) is 13.8 Å². The molecule has 0 spiro atoms. The number of rotatable bonds is 1. The molecule has 0 aliphatic rings. The molecular formula is C7H13F3O2. The highest BCUT2D eigenvalue weighted by atomic mass is 19.4. The molecule has 1 unspecified atom stereocenters. The Hall–Kier alpha value is -0.580. The highest BCUT2D eigenvalue weighted by Gasteiger charge is 2.53. The van der Waals surface area contributed by atoms with Crippen LogP contribution < -0.4 is 0 Å². The summed E-state index contributed by atoms with van der Waals surface area (Å²) in [6, 6.07) is 0. The standard InChI is InChI=1S/C5H7F3O2.C2H6/c1-3(9)4(2,10)5(6,7)8;1-2/h10H,1-2H3;1-2H3. The van der Waals surface area contributed by atoms with E-state index in [-0.39, 0.29) is 0 Å². The SMILES string of the molecule is CC.CC(=O)C(C)(O)C(F)(F)F. The molecule has 0 fully saturated rings. The van der Waals surface area contributed by atoms with Gasteiger partial charge in [-0.15, -0.1) is 0 Å². The van der Waals surface area contributed by atoms with E-state index in [1.807, 2.05) is 13.8 Å². The third kappa shape index (κ3) is 3.21. The minimum absolute atomic E-state index is 0.426. The van der Waals surface area contributed by atoms with Crippen LogP contribution in [-0.2, 0) is 4.79 Å². The summed E-state index contributed by atoms with van der Waals surface area (Å²) in [7, 11) is 0.